The fraction of sp³-hybridized carbons (Fsp3) is 0.250. The number of halogens is 3. The minimum atomic E-state index is -4.76. The van der Waals surface area contributed by atoms with Gasteiger partial charge in [-0.15, -0.1) is 0 Å². The van der Waals surface area contributed by atoms with E-state index in [1.807, 2.05) is 4.72 Å². The molecule has 3 heterocycles. The fourth-order valence-electron chi connectivity index (χ4n) is 2.22. The van der Waals surface area contributed by atoms with Crippen molar-refractivity contribution in [3.8, 4) is 0 Å². The molecule has 0 unspecified atom stereocenters. The third-order valence-electron chi connectivity index (χ3n) is 3.21. The van der Waals surface area contributed by atoms with Crippen LogP contribution in [0, 0.1) is 0 Å². The van der Waals surface area contributed by atoms with Crippen LogP contribution in [-0.2, 0) is 22.7 Å². The predicted molar refractivity (Wildman–Crippen MR) is 76.7 cm³/mol. The Bertz CT molecular complexity index is 992. The monoisotopic (exact) mass is 360 g/mol. The number of alkyl halides is 3. The molecule has 0 aromatic carbocycles. The molecule has 0 spiro atoms. The van der Waals surface area contributed by atoms with Crippen molar-refractivity contribution in [3.63, 3.8) is 0 Å². The second kappa shape index (κ2) is 5.47. The van der Waals surface area contributed by atoms with Crippen molar-refractivity contribution in [1.82, 2.24) is 24.6 Å². The van der Waals surface area contributed by atoms with E-state index >= 15 is 0 Å². The van der Waals surface area contributed by atoms with Crippen molar-refractivity contribution in [2.45, 2.75) is 24.5 Å². The third-order valence-corrected chi connectivity index (χ3v) is 4.59. The Morgan fingerprint density at radius 1 is 1.21 bits per heavy atom. The van der Waals surface area contributed by atoms with Crippen molar-refractivity contribution in [2.24, 2.45) is 0 Å². The van der Waals surface area contributed by atoms with E-state index in [1.54, 1.807) is 0 Å². The van der Waals surface area contributed by atoms with Gasteiger partial charge >= 0.3 is 6.18 Å². The van der Waals surface area contributed by atoms with Crippen LogP contribution in [0.25, 0.3) is 5.52 Å². The Labute approximate surface area is 133 Å². The van der Waals surface area contributed by atoms with E-state index in [2.05, 4.69) is 15.3 Å². The number of rotatable bonds is 4. The molecule has 1 N–H and O–H groups in total. The highest BCUT2D eigenvalue weighted by Crippen LogP contribution is 2.35. The Balaban J connectivity index is 2.07. The van der Waals surface area contributed by atoms with Gasteiger partial charge in [-0.3, -0.25) is 9.40 Å². The lowest BCUT2D eigenvalue weighted by molar-refractivity contribution is -0.143. The van der Waals surface area contributed by atoms with E-state index in [0.717, 1.165) is 17.0 Å². The molecule has 0 radical (unpaired) electrons. The quantitative estimate of drug-likeness (QED) is 0.765. The molecule has 128 valence electrons. The van der Waals surface area contributed by atoms with E-state index in [0.29, 0.717) is 4.68 Å². The minimum Gasteiger partial charge on any atom is -0.276 e. The van der Waals surface area contributed by atoms with Crippen LogP contribution in [0.3, 0.4) is 0 Å². The van der Waals surface area contributed by atoms with E-state index in [9.17, 15) is 21.6 Å². The highest BCUT2D eigenvalue weighted by Gasteiger charge is 2.39. The first-order valence-electron chi connectivity index (χ1n) is 6.69. The zero-order valence-corrected chi connectivity index (χ0v) is 13.0. The van der Waals surface area contributed by atoms with Crippen LogP contribution in [-0.4, -0.2) is 33.0 Å². The minimum absolute atomic E-state index is 0.0583. The third kappa shape index (κ3) is 2.68. The van der Waals surface area contributed by atoms with E-state index in [4.69, 9.17) is 0 Å². The molecule has 3 aromatic heterocycles. The second-order valence-electron chi connectivity index (χ2n) is 4.73. The Morgan fingerprint density at radius 3 is 2.62 bits per heavy atom. The van der Waals surface area contributed by atoms with Crippen LogP contribution in [0.1, 0.15) is 12.6 Å². The molecule has 8 nitrogen and oxygen atoms in total. The molecule has 0 amide bonds. The number of aromatic nitrogens is 5. The summed E-state index contributed by atoms with van der Waals surface area (Å²) in [4.78, 5) is -0.284. The van der Waals surface area contributed by atoms with Gasteiger partial charge in [-0.2, -0.15) is 33.1 Å². The number of anilines is 1. The average molecular weight is 360 g/mol. The maximum atomic E-state index is 13.2. The van der Waals surface area contributed by atoms with E-state index in [1.165, 1.54) is 25.3 Å². The number of sulfonamides is 1. The maximum absolute atomic E-state index is 13.2. The summed E-state index contributed by atoms with van der Waals surface area (Å²) < 4.78 is 68.1. The number of fused-ring (bicyclic) bond motifs is 1. The summed E-state index contributed by atoms with van der Waals surface area (Å²) in [6.07, 6.45) is -1.51. The molecule has 0 aliphatic heterocycles. The summed E-state index contributed by atoms with van der Waals surface area (Å²) in [5.74, 6) is 0. The highest BCUT2D eigenvalue weighted by molar-refractivity contribution is 7.93. The van der Waals surface area contributed by atoms with Gasteiger partial charge < -0.3 is 0 Å². The molecule has 0 bridgehead atoms. The van der Waals surface area contributed by atoms with Crippen molar-refractivity contribution in [3.05, 3.63) is 36.4 Å². The predicted octanol–water partition coefficient (Wildman–Crippen LogP) is 1.77. The van der Waals surface area contributed by atoms with Gasteiger partial charge in [0.05, 0.1) is 18.1 Å². The van der Waals surface area contributed by atoms with Crippen molar-refractivity contribution >= 4 is 21.2 Å². The van der Waals surface area contributed by atoms with Gasteiger partial charge in [0, 0.05) is 12.7 Å². The first-order chi connectivity index (χ1) is 11.2. The van der Waals surface area contributed by atoms with Gasteiger partial charge in [0.25, 0.3) is 10.0 Å². The number of aryl methyl sites for hydroxylation is 1. The molecule has 0 saturated carbocycles. The molecule has 12 heteroatoms. The lowest BCUT2D eigenvalue weighted by Gasteiger charge is -2.12. The maximum Gasteiger partial charge on any atom is 0.435 e. The summed E-state index contributed by atoms with van der Waals surface area (Å²) in [6, 6.07) is 2.93. The lowest BCUT2D eigenvalue weighted by atomic mass is 10.3. The van der Waals surface area contributed by atoms with Gasteiger partial charge in [0.2, 0.25) is 0 Å². The average Bonchev–Trinajstić information content (AvgIpc) is 3.09. The van der Waals surface area contributed by atoms with Crippen LogP contribution in [0.4, 0.5) is 18.9 Å². The van der Waals surface area contributed by atoms with Crippen LogP contribution in [0.15, 0.2) is 35.6 Å². The van der Waals surface area contributed by atoms with E-state index in [-0.39, 0.29) is 17.0 Å². The number of nitrogens with zero attached hydrogens (tertiary/aromatic N) is 5. The number of hydrogen-bond acceptors (Lipinski definition) is 5. The normalized spacial score (nSPS) is 12.7. The summed E-state index contributed by atoms with van der Waals surface area (Å²) in [6.45, 7) is 1.41. The molecule has 0 atom stereocenters. The van der Waals surface area contributed by atoms with Gasteiger partial charge in [-0.25, -0.2) is 8.42 Å². The number of nitrogens with one attached hydrogen (secondary N) is 1. The van der Waals surface area contributed by atoms with Crippen LogP contribution in [0.2, 0.25) is 0 Å². The van der Waals surface area contributed by atoms with Crippen LogP contribution < -0.4 is 4.72 Å². The van der Waals surface area contributed by atoms with Gasteiger partial charge in [0.1, 0.15) is 10.4 Å². The van der Waals surface area contributed by atoms with Crippen molar-refractivity contribution < 1.29 is 21.6 Å². The Hall–Kier alpha value is -2.63. The molecular weight excluding hydrogens is 349 g/mol. The second-order valence-corrected chi connectivity index (χ2v) is 6.38. The van der Waals surface area contributed by atoms with Crippen molar-refractivity contribution in [1.29, 1.82) is 0 Å². The molecule has 0 aliphatic carbocycles. The topological polar surface area (TPSA) is 94.2 Å². The Morgan fingerprint density at radius 2 is 1.96 bits per heavy atom. The smallest absolute Gasteiger partial charge is 0.276 e. The highest BCUT2D eigenvalue weighted by atomic mass is 32.2. The van der Waals surface area contributed by atoms with Crippen LogP contribution >= 0.6 is 0 Å². The molecule has 0 fully saturated rings. The summed E-state index contributed by atoms with van der Waals surface area (Å²) in [7, 11) is -4.30. The van der Waals surface area contributed by atoms with Crippen molar-refractivity contribution in [2.75, 3.05) is 4.72 Å². The molecule has 3 aromatic rings. The molecular formula is C12H11F3N6O2S. The van der Waals surface area contributed by atoms with Gasteiger partial charge in [-0.05, 0) is 19.1 Å². The summed E-state index contributed by atoms with van der Waals surface area (Å²) >= 11 is 0. The zero-order chi connectivity index (χ0) is 17.5. The number of hydrogen-bond donors (Lipinski definition) is 1. The molecule has 0 aliphatic rings. The van der Waals surface area contributed by atoms with Gasteiger partial charge in [0.15, 0.2) is 5.69 Å². The largest absolute Gasteiger partial charge is 0.435 e. The Kier molecular flexibility index (Phi) is 3.70. The zero-order valence-electron chi connectivity index (χ0n) is 12.2. The standard InChI is InChI=1S/C12H11F3N6O2S/c1-2-20-11(12(13,14)15)8(6-17-20)19-24(22,23)10-7-18-21-9(10)4-3-5-16-21/h3-7,19H,2H2,1H3. The summed E-state index contributed by atoms with van der Waals surface area (Å²) in [5, 5.41) is 11.1. The molecule has 0 saturated heterocycles. The first-order valence-corrected chi connectivity index (χ1v) is 8.17. The summed E-state index contributed by atoms with van der Waals surface area (Å²) in [5.41, 5.74) is -1.67. The van der Waals surface area contributed by atoms with Crippen LogP contribution in [0.5, 0.6) is 0 Å². The molecule has 24 heavy (non-hydrogen) atoms. The lowest BCUT2D eigenvalue weighted by Crippen LogP contribution is -2.19. The SMILES string of the molecule is CCn1ncc(NS(=O)(=O)c2cnn3ncccc23)c1C(F)(F)F. The van der Waals surface area contributed by atoms with Gasteiger partial charge in [-0.1, -0.05) is 0 Å². The molecule has 3 rings (SSSR count). The fourth-order valence-corrected chi connectivity index (χ4v) is 3.38. The first kappa shape index (κ1) is 16.2. The van der Waals surface area contributed by atoms with E-state index < -0.39 is 27.6 Å².